The lowest BCUT2D eigenvalue weighted by atomic mass is 10.2. The zero-order valence-electron chi connectivity index (χ0n) is 14.1. The lowest BCUT2D eigenvalue weighted by Gasteiger charge is -2.03. The molecule has 8 nitrogen and oxygen atoms in total. The van der Waals surface area contributed by atoms with Crippen LogP contribution in [0.15, 0.2) is 54.9 Å². The Labute approximate surface area is 157 Å². The predicted molar refractivity (Wildman–Crippen MR) is 103 cm³/mol. The zero-order chi connectivity index (χ0) is 19.0. The first-order chi connectivity index (χ1) is 13.0. The number of aryl methyl sites for hydroxylation is 1. The zero-order valence-corrected chi connectivity index (χ0v) is 14.9. The minimum absolute atomic E-state index is 0.00225. The summed E-state index contributed by atoms with van der Waals surface area (Å²) in [6, 6.07) is 11.5. The van der Waals surface area contributed by atoms with Crippen molar-refractivity contribution in [1.82, 2.24) is 14.8 Å². The lowest BCUT2D eigenvalue weighted by Crippen LogP contribution is -2.10. The van der Waals surface area contributed by atoms with Crippen molar-refractivity contribution in [3.05, 3.63) is 75.5 Å². The fourth-order valence-corrected chi connectivity index (χ4v) is 3.50. The molecule has 0 bridgehead atoms. The van der Waals surface area contributed by atoms with Gasteiger partial charge >= 0.3 is 0 Å². The van der Waals surface area contributed by atoms with Gasteiger partial charge in [-0.05, 0) is 37.3 Å². The third-order valence-corrected chi connectivity index (χ3v) is 4.86. The molecule has 0 fully saturated rings. The molecule has 1 amide bonds. The van der Waals surface area contributed by atoms with E-state index in [9.17, 15) is 14.9 Å². The van der Waals surface area contributed by atoms with E-state index in [2.05, 4.69) is 15.4 Å². The third-order valence-electron chi connectivity index (χ3n) is 3.92. The van der Waals surface area contributed by atoms with E-state index < -0.39 is 4.92 Å². The van der Waals surface area contributed by atoms with Crippen LogP contribution in [0, 0.1) is 17.0 Å². The quantitative estimate of drug-likeness (QED) is 0.427. The average Bonchev–Trinajstić information content (AvgIpc) is 3.27. The molecular formula is C18H13N5O3S. The summed E-state index contributed by atoms with van der Waals surface area (Å²) in [7, 11) is 0. The van der Waals surface area contributed by atoms with Gasteiger partial charge in [-0.25, -0.2) is 9.67 Å². The van der Waals surface area contributed by atoms with Crippen molar-refractivity contribution in [3.8, 4) is 5.69 Å². The van der Waals surface area contributed by atoms with E-state index in [1.807, 2.05) is 19.1 Å². The van der Waals surface area contributed by atoms with Gasteiger partial charge in [-0.15, -0.1) is 11.3 Å². The molecule has 2 heterocycles. The fourth-order valence-electron chi connectivity index (χ4n) is 2.63. The molecule has 0 aliphatic rings. The van der Waals surface area contributed by atoms with Crippen molar-refractivity contribution in [1.29, 1.82) is 0 Å². The molecule has 27 heavy (non-hydrogen) atoms. The molecule has 0 saturated carbocycles. The molecule has 0 radical (unpaired) electrons. The maximum absolute atomic E-state index is 12.5. The summed E-state index contributed by atoms with van der Waals surface area (Å²) in [5, 5.41) is 18.7. The van der Waals surface area contributed by atoms with Gasteiger partial charge in [-0.2, -0.15) is 5.10 Å². The number of nitrogens with zero attached hydrogens (tertiary/aromatic N) is 4. The number of hydrogen-bond donors (Lipinski definition) is 1. The van der Waals surface area contributed by atoms with Crippen molar-refractivity contribution in [2.45, 2.75) is 6.92 Å². The number of nitro benzene ring substituents is 1. The monoisotopic (exact) mass is 379 g/mol. The molecular weight excluding hydrogens is 366 g/mol. The number of carbonyl (C=O) groups is 1. The summed E-state index contributed by atoms with van der Waals surface area (Å²) in [6.45, 7) is 1.94. The number of nitrogens with one attached hydrogen (secondary N) is 1. The van der Waals surface area contributed by atoms with Crippen LogP contribution < -0.4 is 5.32 Å². The highest BCUT2D eigenvalue weighted by molar-refractivity contribution is 7.18. The Bertz CT molecular complexity index is 1160. The number of hydrogen-bond acceptors (Lipinski definition) is 6. The number of amides is 1. The number of thiazole rings is 1. The van der Waals surface area contributed by atoms with Crippen LogP contribution >= 0.6 is 11.3 Å². The van der Waals surface area contributed by atoms with E-state index in [1.54, 1.807) is 35.7 Å². The Balaban J connectivity index is 1.53. The molecule has 0 spiro atoms. The van der Waals surface area contributed by atoms with Crippen molar-refractivity contribution in [3.63, 3.8) is 0 Å². The van der Waals surface area contributed by atoms with Gasteiger partial charge in [-0.3, -0.25) is 14.9 Å². The first kappa shape index (κ1) is 16.9. The van der Waals surface area contributed by atoms with Crippen LogP contribution in [0.1, 0.15) is 15.4 Å². The van der Waals surface area contributed by atoms with Gasteiger partial charge in [0.2, 0.25) is 0 Å². The van der Waals surface area contributed by atoms with Crippen LogP contribution in [0.25, 0.3) is 15.9 Å². The summed E-state index contributed by atoms with van der Waals surface area (Å²) >= 11 is 1.57. The third kappa shape index (κ3) is 3.40. The number of nitro groups is 1. The molecule has 0 atom stereocenters. The van der Waals surface area contributed by atoms with Crippen LogP contribution in [0.4, 0.5) is 11.4 Å². The number of anilines is 1. The van der Waals surface area contributed by atoms with Gasteiger partial charge in [0.15, 0.2) is 0 Å². The summed E-state index contributed by atoms with van der Waals surface area (Å²) < 4.78 is 2.50. The van der Waals surface area contributed by atoms with E-state index in [0.717, 1.165) is 15.2 Å². The highest BCUT2D eigenvalue weighted by atomic mass is 32.1. The number of carbonyl (C=O) groups excluding carboxylic acids is 1. The van der Waals surface area contributed by atoms with Gasteiger partial charge in [0.05, 0.1) is 37.6 Å². The van der Waals surface area contributed by atoms with Crippen LogP contribution in [-0.4, -0.2) is 25.6 Å². The predicted octanol–water partition coefficient (Wildman–Crippen LogP) is 3.95. The first-order valence-corrected chi connectivity index (χ1v) is 8.79. The molecule has 0 aliphatic carbocycles. The number of non-ortho nitro benzene ring substituents is 1. The molecule has 134 valence electrons. The van der Waals surface area contributed by atoms with Crippen molar-refractivity contribution in [2.24, 2.45) is 0 Å². The Hall–Kier alpha value is -3.59. The second kappa shape index (κ2) is 6.61. The van der Waals surface area contributed by atoms with Gasteiger partial charge < -0.3 is 5.32 Å². The Kier molecular flexibility index (Phi) is 4.13. The molecule has 9 heteroatoms. The van der Waals surface area contributed by atoms with Crippen molar-refractivity contribution < 1.29 is 9.72 Å². The van der Waals surface area contributed by atoms with E-state index in [0.29, 0.717) is 16.9 Å². The van der Waals surface area contributed by atoms with Gasteiger partial charge in [0.1, 0.15) is 0 Å². The maximum Gasteiger partial charge on any atom is 0.269 e. The van der Waals surface area contributed by atoms with Crippen molar-refractivity contribution in [2.75, 3.05) is 5.32 Å². The molecule has 4 aromatic rings. The second-order valence-corrected chi connectivity index (χ2v) is 7.05. The van der Waals surface area contributed by atoms with Crippen molar-refractivity contribution >= 4 is 38.8 Å². The average molecular weight is 379 g/mol. The molecule has 0 saturated heterocycles. The van der Waals surface area contributed by atoms with Crippen LogP contribution in [0.5, 0.6) is 0 Å². The number of fused-ring (bicyclic) bond motifs is 1. The van der Waals surface area contributed by atoms with E-state index in [-0.39, 0.29) is 11.6 Å². The van der Waals surface area contributed by atoms with Gasteiger partial charge in [0.25, 0.3) is 11.6 Å². The van der Waals surface area contributed by atoms with Crippen LogP contribution in [0.2, 0.25) is 0 Å². The largest absolute Gasteiger partial charge is 0.322 e. The summed E-state index contributed by atoms with van der Waals surface area (Å²) in [6.07, 6.45) is 3.03. The van der Waals surface area contributed by atoms with E-state index >= 15 is 0 Å². The molecule has 4 rings (SSSR count). The Morgan fingerprint density at radius 1 is 1.22 bits per heavy atom. The van der Waals surface area contributed by atoms with Gasteiger partial charge in [0, 0.05) is 24.0 Å². The second-order valence-electron chi connectivity index (χ2n) is 5.82. The lowest BCUT2D eigenvalue weighted by molar-refractivity contribution is -0.384. The fraction of sp³-hybridized carbons (Fsp3) is 0.0556. The molecule has 1 N–H and O–H groups in total. The smallest absolute Gasteiger partial charge is 0.269 e. The summed E-state index contributed by atoms with van der Waals surface area (Å²) in [5.41, 5.74) is 2.59. The van der Waals surface area contributed by atoms with E-state index in [4.69, 9.17) is 0 Å². The first-order valence-electron chi connectivity index (χ1n) is 7.98. The Morgan fingerprint density at radius 3 is 2.74 bits per heavy atom. The Morgan fingerprint density at radius 2 is 2.00 bits per heavy atom. The maximum atomic E-state index is 12.5. The molecule has 2 aromatic carbocycles. The molecule has 0 aliphatic heterocycles. The summed E-state index contributed by atoms with van der Waals surface area (Å²) in [5.74, 6) is -0.288. The van der Waals surface area contributed by atoms with Crippen LogP contribution in [-0.2, 0) is 0 Å². The SMILES string of the molecule is Cc1nc2ccc(NC(=O)c3cnn(-c4ccc([N+](=O)[O-])cc4)c3)cc2s1. The summed E-state index contributed by atoms with van der Waals surface area (Å²) in [4.78, 5) is 27.1. The normalized spacial score (nSPS) is 10.9. The van der Waals surface area contributed by atoms with Crippen LogP contribution in [0.3, 0.4) is 0 Å². The minimum Gasteiger partial charge on any atom is -0.322 e. The highest BCUT2D eigenvalue weighted by Gasteiger charge is 2.12. The number of rotatable bonds is 4. The van der Waals surface area contributed by atoms with E-state index in [1.165, 1.54) is 23.0 Å². The molecule has 2 aromatic heterocycles. The standard InChI is InChI=1S/C18H13N5O3S/c1-11-20-16-7-2-13(8-17(16)27-11)21-18(24)12-9-19-22(10-12)14-3-5-15(6-4-14)23(25)26/h2-10H,1H3,(H,21,24). The minimum atomic E-state index is -0.465. The number of aromatic nitrogens is 3. The van der Waals surface area contributed by atoms with Gasteiger partial charge in [-0.1, -0.05) is 0 Å². The molecule has 0 unspecified atom stereocenters. The number of benzene rings is 2. The topological polar surface area (TPSA) is 103 Å². The highest BCUT2D eigenvalue weighted by Crippen LogP contribution is 2.25.